The van der Waals surface area contributed by atoms with Crippen LogP contribution in [-0.2, 0) is 4.79 Å². The molecule has 1 aliphatic heterocycles. The van der Waals surface area contributed by atoms with Crippen LogP contribution < -0.4 is 19.9 Å². The fourth-order valence-corrected chi connectivity index (χ4v) is 4.40. The first-order valence-corrected chi connectivity index (χ1v) is 12.2. The quantitative estimate of drug-likeness (QED) is 0.225. The molecule has 3 aromatic carbocycles. The molecule has 0 saturated carbocycles. The fraction of sp³-hybridized carbons (Fsp3) is 0.321. The summed E-state index contributed by atoms with van der Waals surface area (Å²) in [5.74, 6) is -9.13. The van der Waals surface area contributed by atoms with Crippen LogP contribution in [0.3, 0.4) is 0 Å². The van der Waals surface area contributed by atoms with E-state index in [9.17, 15) is 26.7 Å². The maximum atomic E-state index is 14.2. The Morgan fingerprint density at radius 1 is 0.842 bits per heavy atom. The number of nitrogens with zero attached hydrogens (tertiary/aromatic N) is 2. The van der Waals surface area contributed by atoms with E-state index >= 15 is 0 Å². The second-order valence-electron chi connectivity index (χ2n) is 9.47. The number of nitrogens with one attached hydrogen (secondary N) is 1. The van der Waals surface area contributed by atoms with Gasteiger partial charge >= 0.3 is 0 Å². The standard InChI is InChI=1S/C28H28F5N3O2/c1-16(2)20-9-4-17(3)14-21(20)38-15-22(37)34-18-5-7-19(8-6-18)35-10-12-36(13-11-35)28-26(32)24(30)23(29)25(31)27(28)33/h4-9,14,16H,10-13,15H2,1-3H3,(H,34,37). The minimum Gasteiger partial charge on any atom is -0.483 e. The molecule has 0 spiro atoms. The topological polar surface area (TPSA) is 44.8 Å². The van der Waals surface area contributed by atoms with E-state index in [2.05, 4.69) is 19.2 Å². The van der Waals surface area contributed by atoms with Gasteiger partial charge in [0.1, 0.15) is 11.4 Å². The number of amides is 1. The lowest BCUT2D eigenvalue weighted by Crippen LogP contribution is -2.47. The molecule has 1 aliphatic rings. The summed E-state index contributed by atoms with van der Waals surface area (Å²) in [5.41, 5.74) is 2.50. The van der Waals surface area contributed by atoms with Crippen LogP contribution in [0.15, 0.2) is 42.5 Å². The summed E-state index contributed by atoms with van der Waals surface area (Å²) in [6.45, 7) is 6.64. The molecule has 1 amide bonds. The Balaban J connectivity index is 1.33. The van der Waals surface area contributed by atoms with E-state index in [1.54, 1.807) is 24.3 Å². The van der Waals surface area contributed by atoms with Gasteiger partial charge in [0.05, 0.1) is 0 Å². The van der Waals surface area contributed by atoms with Gasteiger partial charge in [-0.05, 0) is 54.3 Å². The molecule has 1 saturated heterocycles. The van der Waals surface area contributed by atoms with Crippen molar-refractivity contribution < 1.29 is 31.5 Å². The number of rotatable bonds is 7. The Labute approximate surface area is 217 Å². The van der Waals surface area contributed by atoms with Crippen molar-refractivity contribution in [3.05, 3.63) is 82.7 Å². The van der Waals surface area contributed by atoms with E-state index < -0.39 is 34.8 Å². The monoisotopic (exact) mass is 533 g/mol. The van der Waals surface area contributed by atoms with Crippen molar-refractivity contribution in [1.82, 2.24) is 0 Å². The predicted octanol–water partition coefficient (Wildman–Crippen LogP) is 6.16. The molecule has 10 heteroatoms. The van der Waals surface area contributed by atoms with Crippen LogP contribution in [0.5, 0.6) is 5.75 Å². The number of carbonyl (C=O) groups excluding carboxylic acids is 1. The number of ether oxygens (including phenoxy) is 1. The van der Waals surface area contributed by atoms with E-state index in [0.29, 0.717) is 24.5 Å². The second-order valence-corrected chi connectivity index (χ2v) is 9.47. The molecule has 1 N–H and O–H groups in total. The van der Waals surface area contributed by atoms with Crippen LogP contribution >= 0.6 is 0 Å². The lowest BCUT2D eigenvalue weighted by molar-refractivity contribution is -0.118. The van der Waals surface area contributed by atoms with Gasteiger partial charge in [-0.25, -0.2) is 22.0 Å². The lowest BCUT2D eigenvalue weighted by Gasteiger charge is -2.37. The molecule has 5 nitrogen and oxygen atoms in total. The van der Waals surface area contributed by atoms with Gasteiger partial charge in [-0.1, -0.05) is 26.0 Å². The summed E-state index contributed by atoms with van der Waals surface area (Å²) in [7, 11) is 0. The zero-order valence-corrected chi connectivity index (χ0v) is 21.3. The average molecular weight is 534 g/mol. The van der Waals surface area contributed by atoms with E-state index in [1.165, 1.54) is 0 Å². The van der Waals surface area contributed by atoms with Gasteiger partial charge in [0.25, 0.3) is 5.91 Å². The van der Waals surface area contributed by atoms with Gasteiger partial charge in [-0.3, -0.25) is 4.79 Å². The van der Waals surface area contributed by atoms with E-state index in [-0.39, 0.29) is 31.5 Å². The highest BCUT2D eigenvalue weighted by Crippen LogP contribution is 2.32. The van der Waals surface area contributed by atoms with E-state index in [1.807, 2.05) is 30.0 Å². The molecule has 4 rings (SSSR count). The van der Waals surface area contributed by atoms with Gasteiger partial charge < -0.3 is 19.9 Å². The van der Waals surface area contributed by atoms with Crippen molar-refractivity contribution in [3.8, 4) is 5.75 Å². The van der Waals surface area contributed by atoms with Crippen molar-refractivity contribution in [2.75, 3.05) is 47.9 Å². The minimum atomic E-state index is -2.17. The first kappa shape index (κ1) is 27.2. The van der Waals surface area contributed by atoms with Crippen LogP contribution in [0.2, 0.25) is 0 Å². The van der Waals surface area contributed by atoms with E-state index in [4.69, 9.17) is 4.74 Å². The number of carbonyl (C=O) groups is 1. The summed E-state index contributed by atoms with van der Waals surface area (Å²) in [6.07, 6.45) is 0. The van der Waals surface area contributed by atoms with Crippen LogP contribution in [0, 0.1) is 36.0 Å². The number of piperazine rings is 1. The Morgan fingerprint density at radius 3 is 1.97 bits per heavy atom. The number of benzene rings is 3. The second kappa shape index (κ2) is 11.3. The molecule has 38 heavy (non-hydrogen) atoms. The molecule has 3 aromatic rings. The molecule has 1 heterocycles. The zero-order valence-electron chi connectivity index (χ0n) is 21.3. The summed E-state index contributed by atoms with van der Waals surface area (Å²) < 4.78 is 74.6. The SMILES string of the molecule is Cc1ccc(C(C)C)c(OCC(=O)Nc2ccc(N3CCN(c4c(F)c(F)c(F)c(F)c4F)CC3)cc2)c1. The first-order valence-electron chi connectivity index (χ1n) is 12.2. The highest BCUT2D eigenvalue weighted by molar-refractivity contribution is 5.92. The van der Waals surface area contributed by atoms with Crippen LogP contribution in [0.25, 0.3) is 0 Å². The van der Waals surface area contributed by atoms with Crippen molar-refractivity contribution in [1.29, 1.82) is 0 Å². The lowest BCUT2D eigenvalue weighted by atomic mass is 10.0. The predicted molar refractivity (Wildman–Crippen MR) is 136 cm³/mol. The average Bonchev–Trinajstić information content (AvgIpc) is 2.90. The first-order chi connectivity index (χ1) is 18.1. The van der Waals surface area contributed by atoms with Crippen molar-refractivity contribution in [2.24, 2.45) is 0 Å². The maximum Gasteiger partial charge on any atom is 0.262 e. The van der Waals surface area contributed by atoms with Crippen molar-refractivity contribution >= 4 is 23.0 Å². The number of anilines is 3. The van der Waals surface area contributed by atoms with Gasteiger partial charge in [-0.15, -0.1) is 0 Å². The Morgan fingerprint density at radius 2 is 1.39 bits per heavy atom. The normalized spacial score (nSPS) is 13.7. The number of aryl methyl sites for hydroxylation is 1. The molecule has 1 fully saturated rings. The number of hydrogen-bond acceptors (Lipinski definition) is 4. The Hall–Kier alpha value is -3.82. The summed E-state index contributed by atoms with van der Waals surface area (Å²) in [4.78, 5) is 15.5. The van der Waals surface area contributed by atoms with Crippen LogP contribution in [-0.4, -0.2) is 38.7 Å². The number of halogens is 5. The summed E-state index contributed by atoms with van der Waals surface area (Å²) >= 11 is 0. The molecule has 0 aromatic heterocycles. The molecule has 0 radical (unpaired) electrons. The molecule has 202 valence electrons. The highest BCUT2D eigenvalue weighted by atomic mass is 19.2. The summed E-state index contributed by atoms with van der Waals surface area (Å²) in [6, 6.07) is 12.9. The molecular formula is C28H28F5N3O2. The molecule has 0 bridgehead atoms. The van der Waals surface area contributed by atoms with Crippen molar-refractivity contribution in [2.45, 2.75) is 26.7 Å². The number of hydrogen-bond donors (Lipinski definition) is 1. The summed E-state index contributed by atoms with van der Waals surface area (Å²) in [5, 5.41) is 2.79. The molecule has 0 unspecified atom stereocenters. The van der Waals surface area contributed by atoms with Crippen LogP contribution in [0.1, 0.15) is 30.9 Å². The highest BCUT2D eigenvalue weighted by Gasteiger charge is 2.30. The Bertz CT molecular complexity index is 1290. The van der Waals surface area contributed by atoms with Gasteiger partial charge in [0.15, 0.2) is 29.9 Å². The molecule has 0 aliphatic carbocycles. The van der Waals surface area contributed by atoms with Gasteiger partial charge in [0, 0.05) is 37.6 Å². The van der Waals surface area contributed by atoms with Gasteiger partial charge in [-0.2, -0.15) is 0 Å². The minimum absolute atomic E-state index is 0.0610. The fourth-order valence-electron chi connectivity index (χ4n) is 4.40. The third-order valence-corrected chi connectivity index (χ3v) is 6.45. The largest absolute Gasteiger partial charge is 0.483 e. The maximum absolute atomic E-state index is 14.2. The third-order valence-electron chi connectivity index (χ3n) is 6.45. The zero-order chi connectivity index (χ0) is 27.6. The van der Waals surface area contributed by atoms with E-state index in [0.717, 1.165) is 21.7 Å². The molecular weight excluding hydrogens is 505 g/mol. The smallest absolute Gasteiger partial charge is 0.262 e. The van der Waals surface area contributed by atoms with Crippen molar-refractivity contribution in [3.63, 3.8) is 0 Å². The third kappa shape index (κ3) is 5.69. The van der Waals surface area contributed by atoms with Gasteiger partial charge in [0.2, 0.25) is 5.82 Å². The molecule has 0 atom stereocenters. The van der Waals surface area contributed by atoms with Crippen LogP contribution in [0.4, 0.5) is 39.0 Å². The Kier molecular flexibility index (Phi) is 8.08.